The second kappa shape index (κ2) is 32.7. The Morgan fingerprint density at radius 3 is 0.654 bits per heavy atom. The van der Waals surface area contributed by atoms with E-state index in [2.05, 4.69) is 69.8 Å². The summed E-state index contributed by atoms with van der Waals surface area (Å²) in [7, 11) is 0. The van der Waals surface area contributed by atoms with Gasteiger partial charge in [-0.2, -0.15) is 0 Å². The Balaban J connectivity index is 0.000000280. The molecule has 14 heteroatoms. The first-order valence-corrected chi connectivity index (χ1v) is 26.0. The third-order valence-corrected chi connectivity index (χ3v) is 12.8. The second-order valence-electron chi connectivity index (χ2n) is 17.8. The SMILES string of the molecule is CCOc1cccc(CN[C@@H](c2ccccc2)[C@@H](NCc2cccc(OCC)c2[O-])c2ccccc2)c1[O-].CCOc1cccc(CN[C@@H](c2ccccc2)[C@@H](NCc2cccc(OCC)c2[O-])c2ccccc2)c1[O-].[Cu+2].[Cu+2]. The zero-order valence-corrected chi connectivity index (χ0v) is 46.2. The minimum Gasteiger partial charge on any atom is -0.870 e. The van der Waals surface area contributed by atoms with E-state index in [9.17, 15) is 20.4 Å². The van der Waals surface area contributed by atoms with Gasteiger partial charge >= 0.3 is 34.1 Å². The van der Waals surface area contributed by atoms with Crippen LogP contribution in [0, 0.1) is 0 Å². The van der Waals surface area contributed by atoms with Gasteiger partial charge in [-0.25, -0.2) is 0 Å². The number of ether oxygens (including phenoxy) is 4. The molecule has 12 nitrogen and oxygen atoms in total. The molecule has 0 saturated heterocycles. The van der Waals surface area contributed by atoms with Gasteiger partial charge in [0.15, 0.2) is 0 Å². The molecule has 0 amide bonds. The molecular weight excluding hydrogens is 1080 g/mol. The van der Waals surface area contributed by atoms with Crippen LogP contribution in [0.15, 0.2) is 194 Å². The van der Waals surface area contributed by atoms with Gasteiger partial charge in [0.2, 0.25) is 0 Å². The Kier molecular flexibility index (Phi) is 25.9. The van der Waals surface area contributed by atoms with E-state index in [0.717, 1.165) is 22.3 Å². The minimum atomic E-state index is -0.195. The summed E-state index contributed by atoms with van der Waals surface area (Å²) in [6.07, 6.45) is 0. The fourth-order valence-electron chi connectivity index (χ4n) is 9.11. The maximum Gasteiger partial charge on any atom is 2.00 e. The molecule has 78 heavy (non-hydrogen) atoms. The summed E-state index contributed by atoms with van der Waals surface area (Å²) in [5, 5.41) is 66.3. The van der Waals surface area contributed by atoms with Gasteiger partial charge in [-0.15, -0.1) is 0 Å². The van der Waals surface area contributed by atoms with E-state index in [1.54, 1.807) is 24.3 Å². The van der Waals surface area contributed by atoms with Crippen LogP contribution in [0.25, 0.3) is 0 Å². The third kappa shape index (κ3) is 17.0. The molecule has 0 aliphatic heterocycles. The van der Waals surface area contributed by atoms with Gasteiger partial charge in [-0.3, -0.25) is 0 Å². The molecule has 2 radical (unpaired) electrons. The van der Waals surface area contributed by atoms with Gasteiger partial charge in [-0.1, -0.05) is 193 Å². The molecule has 0 spiro atoms. The molecule has 0 bridgehead atoms. The van der Waals surface area contributed by atoms with E-state index in [1.807, 2.05) is 149 Å². The number of nitrogens with one attached hydrogen (secondary N) is 4. The van der Waals surface area contributed by atoms with Crippen LogP contribution < -0.4 is 60.6 Å². The van der Waals surface area contributed by atoms with Crippen LogP contribution in [0.5, 0.6) is 46.0 Å². The first-order valence-electron chi connectivity index (χ1n) is 26.0. The molecule has 4 atom stereocenters. The van der Waals surface area contributed by atoms with Gasteiger partial charge < -0.3 is 60.6 Å². The monoisotopic (exact) mass is 1150 g/mol. The van der Waals surface area contributed by atoms with E-state index >= 15 is 0 Å². The quantitative estimate of drug-likeness (QED) is 0.0378. The number of benzene rings is 8. The Hall–Kier alpha value is -6.96. The third-order valence-electron chi connectivity index (χ3n) is 12.8. The van der Waals surface area contributed by atoms with Crippen molar-refractivity contribution in [2.24, 2.45) is 0 Å². The number of hydrogen-bond acceptors (Lipinski definition) is 12. The van der Waals surface area contributed by atoms with Crippen LogP contribution in [0.2, 0.25) is 0 Å². The van der Waals surface area contributed by atoms with Crippen molar-refractivity contribution in [1.82, 2.24) is 21.3 Å². The molecule has 8 rings (SSSR count). The van der Waals surface area contributed by atoms with Crippen LogP contribution >= 0.6 is 0 Å². The average molecular weight is 1150 g/mol. The van der Waals surface area contributed by atoms with Crippen molar-refractivity contribution in [3.05, 3.63) is 239 Å². The molecule has 0 fully saturated rings. The number of rotatable bonds is 26. The van der Waals surface area contributed by atoms with Crippen molar-refractivity contribution in [2.75, 3.05) is 26.4 Å². The Labute approximate surface area is 481 Å². The van der Waals surface area contributed by atoms with Crippen LogP contribution in [0.4, 0.5) is 0 Å². The van der Waals surface area contributed by atoms with E-state index < -0.39 is 0 Å². The Morgan fingerprint density at radius 2 is 0.474 bits per heavy atom. The summed E-state index contributed by atoms with van der Waals surface area (Å²) < 4.78 is 22.1. The van der Waals surface area contributed by atoms with Gasteiger partial charge in [0.1, 0.15) is 23.0 Å². The second-order valence-corrected chi connectivity index (χ2v) is 17.8. The predicted molar refractivity (Wildman–Crippen MR) is 292 cm³/mol. The van der Waals surface area contributed by atoms with Crippen molar-refractivity contribution in [3.63, 3.8) is 0 Å². The Bertz CT molecular complexity index is 2580. The van der Waals surface area contributed by atoms with E-state index in [4.69, 9.17) is 18.9 Å². The summed E-state index contributed by atoms with van der Waals surface area (Å²) >= 11 is 0. The van der Waals surface area contributed by atoms with Gasteiger partial charge in [0, 0.05) is 26.2 Å². The normalized spacial score (nSPS) is 12.3. The van der Waals surface area contributed by atoms with Crippen LogP contribution in [-0.4, -0.2) is 26.4 Å². The van der Waals surface area contributed by atoms with Gasteiger partial charge in [0.05, 0.1) is 50.6 Å². The fraction of sp³-hybridized carbons (Fsp3) is 0.250. The summed E-state index contributed by atoms with van der Waals surface area (Å²) in [6.45, 7) is 10.6. The summed E-state index contributed by atoms with van der Waals surface area (Å²) in [4.78, 5) is 0. The molecule has 0 heterocycles. The molecule has 0 saturated carbocycles. The maximum absolute atomic E-state index is 13.0. The van der Waals surface area contributed by atoms with Crippen molar-refractivity contribution in [1.29, 1.82) is 0 Å². The molecule has 0 aliphatic rings. The molecule has 4 N–H and O–H groups in total. The van der Waals surface area contributed by atoms with Crippen LogP contribution in [0.3, 0.4) is 0 Å². The molecule has 0 unspecified atom stereocenters. The van der Waals surface area contributed by atoms with Crippen LogP contribution in [0.1, 0.15) is 96.4 Å². The van der Waals surface area contributed by atoms with Crippen molar-refractivity contribution >= 4 is 0 Å². The predicted octanol–water partition coefficient (Wildman–Crippen LogP) is 9.98. The number of hydrogen-bond donors (Lipinski definition) is 4. The average Bonchev–Trinajstić information content (AvgIpc) is 3.45. The molecule has 8 aromatic rings. The number of para-hydroxylation sites is 4. The molecule has 8 aromatic carbocycles. The van der Waals surface area contributed by atoms with Gasteiger partial charge in [0.25, 0.3) is 0 Å². The van der Waals surface area contributed by atoms with E-state index in [1.165, 1.54) is 0 Å². The zero-order chi connectivity index (χ0) is 53.5. The van der Waals surface area contributed by atoms with E-state index in [0.29, 0.717) is 97.9 Å². The molecule has 0 aliphatic carbocycles. The van der Waals surface area contributed by atoms with Crippen LogP contribution in [-0.2, 0) is 60.3 Å². The minimum absolute atomic E-state index is 0. The molecule has 414 valence electrons. The zero-order valence-electron chi connectivity index (χ0n) is 44.3. The molecule has 0 aromatic heterocycles. The fourth-order valence-corrected chi connectivity index (χ4v) is 9.11. The van der Waals surface area contributed by atoms with Crippen molar-refractivity contribution < 1.29 is 73.5 Å². The first kappa shape index (κ1) is 61.9. The first-order chi connectivity index (χ1) is 37.2. The maximum atomic E-state index is 13.0. The summed E-state index contributed by atoms with van der Waals surface area (Å²) in [5.74, 6) is 0.998. The topological polar surface area (TPSA) is 177 Å². The smallest absolute Gasteiger partial charge is 0.870 e. The van der Waals surface area contributed by atoms with E-state index in [-0.39, 0.29) is 81.3 Å². The largest absolute Gasteiger partial charge is 2.00 e. The standard InChI is InChI=1S/2C32H36N2O4.2Cu/c2*1-3-37-27-19-11-17-25(31(27)35)21-33-29(23-13-7-5-8-14-23)30(24-15-9-6-10-16-24)34-22-26-18-12-20-28(32(26)36)38-4-2;;/h2*5-20,29-30,33-36H,3-4,21-22H2,1-2H3;;/q;;2*+2/p-4/t2*29-,30-;;/m00../s1. The summed E-state index contributed by atoms with van der Waals surface area (Å²) in [6, 6.07) is 61.2. The Morgan fingerprint density at radius 1 is 0.282 bits per heavy atom. The molecular formula is C64H68Cu2N4O8. The van der Waals surface area contributed by atoms with Gasteiger partial charge in [-0.05, 0) is 96.5 Å². The van der Waals surface area contributed by atoms with Crippen molar-refractivity contribution in [2.45, 2.75) is 78.0 Å². The summed E-state index contributed by atoms with van der Waals surface area (Å²) in [5.41, 5.74) is 6.79. The van der Waals surface area contributed by atoms with Crippen molar-refractivity contribution in [3.8, 4) is 46.0 Å².